The van der Waals surface area contributed by atoms with E-state index in [9.17, 15) is 0 Å². The van der Waals surface area contributed by atoms with Crippen molar-refractivity contribution in [2.75, 3.05) is 0 Å². The van der Waals surface area contributed by atoms with Crippen LogP contribution in [0.15, 0.2) is 54.6 Å². The van der Waals surface area contributed by atoms with Gasteiger partial charge in [-0.25, -0.2) is 0 Å². The SMILES string of the molecule is C1=CCC([c-]2ccc3ccccc32)=C1.C[C](C)=[Zr+2].[Cl-].[Cl-]. The quantitative estimate of drug-likeness (QED) is 0.535. The Morgan fingerprint density at radius 2 is 1.75 bits per heavy atom. The number of fused-ring (bicyclic) bond motifs is 1. The first-order valence-electron chi connectivity index (χ1n) is 6.21. The second kappa shape index (κ2) is 9.56. The molecular formula is C17H17Cl2Zr-. The van der Waals surface area contributed by atoms with E-state index in [2.05, 4.69) is 68.5 Å². The third kappa shape index (κ3) is 5.20. The zero-order valence-electron chi connectivity index (χ0n) is 11.7. The van der Waals surface area contributed by atoms with E-state index in [0.717, 1.165) is 6.42 Å². The second-order valence-electron chi connectivity index (χ2n) is 4.66. The molecule has 0 amide bonds. The summed E-state index contributed by atoms with van der Waals surface area (Å²) in [5, 5.41) is 2.72. The molecule has 1 aliphatic rings. The van der Waals surface area contributed by atoms with Gasteiger partial charge >= 0.3 is 41.3 Å². The normalized spacial score (nSPS) is 11.9. The molecule has 0 heterocycles. The predicted molar refractivity (Wildman–Crippen MR) is 77.6 cm³/mol. The molecule has 0 unspecified atom stereocenters. The van der Waals surface area contributed by atoms with Gasteiger partial charge in [0.05, 0.1) is 0 Å². The molecular weight excluding hydrogens is 366 g/mol. The minimum absolute atomic E-state index is 0. The van der Waals surface area contributed by atoms with Crippen LogP contribution in [0.3, 0.4) is 0 Å². The van der Waals surface area contributed by atoms with E-state index < -0.39 is 0 Å². The number of benzene rings is 1. The van der Waals surface area contributed by atoms with Crippen molar-refractivity contribution < 1.29 is 49.0 Å². The predicted octanol–water partition coefficient (Wildman–Crippen LogP) is -1.34. The van der Waals surface area contributed by atoms with E-state index in [1.807, 2.05) is 0 Å². The number of hydrogen-bond acceptors (Lipinski definition) is 0. The Balaban J connectivity index is 0.000000542. The van der Waals surface area contributed by atoms with Crippen LogP contribution in [0, 0.1) is 0 Å². The van der Waals surface area contributed by atoms with Gasteiger partial charge in [-0.2, -0.15) is 0 Å². The molecule has 0 fully saturated rings. The largest absolute Gasteiger partial charge is 1.00 e. The molecule has 1 aliphatic carbocycles. The first-order chi connectivity index (χ1) is 8.68. The van der Waals surface area contributed by atoms with Crippen LogP contribution in [0.25, 0.3) is 16.3 Å². The maximum Gasteiger partial charge on any atom is -1.00 e. The van der Waals surface area contributed by atoms with E-state index in [4.69, 9.17) is 0 Å². The fraction of sp³-hybridized carbons (Fsp3) is 0.176. The van der Waals surface area contributed by atoms with Crippen molar-refractivity contribution in [1.82, 2.24) is 0 Å². The van der Waals surface area contributed by atoms with Crippen LogP contribution >= 0.6 is 0 Å². The molecule has 0 bridgehead atoms. The van der Waals surface area contributed by atoms with Gasteiger partial charge in [0.2, 0.25) is 0 Å². The monoisotopic (exact) mass is 381 g/mol. The van der Waals surface area contributed by atoms with E-state index in [-0.39, 0.29) is 24.8 Å². The Morgan fingerprint density at radius 3 is 2.35 bits per heavy atom. The summed E-state index contributed by atoms with van der Waals surface area (Å²) in [6.07, 6.45) is 7.63. The third-order valence-electron chi connectivity index (χ3n) is 2.80. The zero-order chi connectivity index (χ0) is 13.0. The Morgan fingerprint density at radius 1 is 1.10 bits per heavy atom. The summed E-state index contributed by atoms with van der Waals surface area (Å²) < 4.78 is 1.51. The van der Waals surface area contributed by atoms with Gasteiger partial charge in [0.25, 0.3) is 0 Å². The molecule has 0 N–H and O–H groups in total. The van der Waals surface area contributed by atoms with Gasteiger partial charge in [0, 0.05) is 0 Å². The van der Waals surface area contributed by atoms with Crippen molar-refractivity contribution in [2.24, 2.45) is 0 Å². The molecule has 0 saturated heterocycles. The van der Waals surface area contributed by atoms with Gasteiger partial charge in [-0.1, -0.05) is 35.9 Å². The number of rotatable bonds is 1. The second-order valence-corrected chi connectivity index (χ2v) is 7.12. The number of allylic oxidation sites excluding steroid dienone is 4. The zero-order valence-corrected chi connectivity index (χ0v) is 15.6. The molecule has 3 rings (SSSR count). The Kier molecular flexibility index (Phi) is 9.39. The number of halogens is 2. The van der Waals surface area contributed by atoms with E-state index in [0.29, 0.717) is 0 Å². The van der Waals surface area contributed by atoms with Crippen molar-refractivity contribution >= 4 is 19.6 Å². The average Bonchev–Trinajstić information content (AvgIpc) is 2.96. The van der Waals surface area contributed by atoms with Crippen LogP contribution in [0.4, 0.5) is 0 Å². The summed E-state index contributed by atoms with van der Waals surface area (Å²) in [6.45, 7) is 4.25. The first-order valence-corrected chi connectivity index (χ1v) is 7.43. The van der Waals surface area contributed by atoms with Crippen molar-refractivity contribution in [3.8, 4) is 0 Å². The van der Waals surface area contributed by atoms with Crippen molar-refractivity contribution in [2.45, 2.75) is 20.3 Å². The average molecular weight is 383 g/mol. The van der Waals surface area contributed by atoms with Crippen LogP contribution in [-0.4, -0.2) is 3.21 Å². The smallest absolute Gasteiger partial charge is 1.00 e. The Bertz CT molecular complexity index is 617. The third-order valence-corrected chi connectivity index (χ3v) is 2.80. The minimum atomic E-state index is 0. The molecule has 20 heavy (non-hydrogen) atoms. The summed E-state index contributed by atoms with van der Waals surface area (Å²) in [4.78, 5) is 0. The molecule has 0 saturated carbocycles. The fourth-order valence-corrected chi connectivity index (χ4v) is 2.08. The van der Waals surface area contributed by atoms with Gasteiger partial charge in [-0.15, -0.1) is 40.6 Å². The van der Waals surface area contributed by atoms with Crippen molar-refractivity contribution in [3.05, 3.63) is 60.2 Å². The van der Waals surface area contributed by atoms with Gasteiger partial charge < -0.3 is 24.8 Å². The molecule has 104 valence electrons. The summed E-state index contributed by atoms with van der Waals surface area (Å²) in [5.74, 6) is 0. The summed E-state index contributed by atoms with van der Waals surface area (Å²) in [6, 6.07) is 13.0. The van der Waals surface area contributed by atoms with Crippen LogP contribution < -0.4 is 24.8 Å². The summed E-state index contributed by atoms with van der Waals surface area (Å²) in [5.41, 5.74) is 2.83. The maximum atomic E-state index is 2.23. The van der Waals surface area contributed by atoms with Crippen LogP contribution in [0.2, 0.25) is 0 Å². The first kappa shape index (κ1) is 19.6. The van der Waals surface area contributed by atoms with Gasteiger partial charge in [-0.3, -0.25) is 0 Å². The summed E-state index contributed by atoms with van der Waals surface area (Å²) in [7, 11) is 0. The molecule has 0 aliphatic heterocycles. The molecule has 0 nitrogen and oxygen atoms in total. The van der Waals surface area contributed by atoms with Gasteiger partial charge in [0.15, 0.2) is 0 Å². The number of hydrogen-bond donors (Lipinski definition) is 0. The van der Waals surface area contributed by atoms with Crippen LogP contribution in [-0.2, 0) is 24.2 Å². The maximum absolute atomic E-state index is 2.23. The van der Waals surface area contributed by atoms with E-state index in [1.165, 1.54) is 25.1 Å². The van der Waals surface area contributed by atoms with Crippen LogP contribution in [0.5, 0.6) is 0 Å². The molecule has 3 heteroatoms. The standard InChI is InChI=1S/C14H11.C3H6.2ClH.Zr/c1-2-6-11(5-1)14-10-9-12-7-3-4-8-13(12)14;1-3-2;;;/h1-5,7-10H,6H2;1-2H3;2*1H;/q-1;;;;+2/p-2. The molecule has 0 aromatic heterocycles. The van der Waals surface area contributed by atoms with Crippen molar-refractivity contribution in [1.29, 1.82) is 0 Å². The molecule has 0 atom stereocenters. The Labute approximate surface area is 148 Å². The van der Waals surface area contributed by atoms with Gasteiger partial charge in [-0.05, 0) is 6.42 Å². The molecule has 0 spiro atoms. The van der Waals surface area contributed by atoms with Crippen LogP contribution in [0.1, 0.15) is 25.8 Å². The topological polar surface area (TPSA) is 0 Å². The Hall–Kier alpha value is -0.357. The van der Waals surface area contributed by atoms with E-state index >= 15 is 0 Å². The van der Waals surface area contributed by atoms with Gasteiger partial charge in [0.1, 0.15) is 0 Å². The summed E-state index contributed by atoms with van der Waals surface area (Å²) >= 11 is 1.55. The minimum Gasteiger partial charge on any atom is -1.00 e. The molecule has 2 aromatic carbocycles. The van der Waals surface area contributed by atoms with Crippen molar-refractivity contribution in [3.63, 3.8) is 0 Å². The van der Waals surface area contributed by atoms with E-state index in [1.54, 1.807) is 24.2 Å². The molecule has 2 aromatic rings. The molecule has 0 radical (unpaired) electrons. The fourth-order valence-electron chi connectivity index (χ4n) is 2.08.